The zero-order valence-corrected chi connectivity index (χ0v) is 66.8. The van der Waals surface area contributed by atoms with Gasteiger partial charge in [-0.05, 0) is 43.4 Å². The topological polar surface area (TPSA) is 237 Å². The fourth-order valence-electron chi connectivity index (χ4n) is 12.3. The molecule has 17 nitrogen and oxygen atoms in total. The second-order valence-corrected chi connectivity index (χ2v) is 33.1. The number of aliphatic hydroxyl groups is 1. The van der Waals surface area contributed by atoms with E-state index in [1.54, 1.807) is 0 Å². The van der Waals surface area contributed by atoms with Crippen LogP contribution in [0.25, 0.3) is 0 Å². The van der Waals surface area contributed by atoms with Crippen molar-refractivity contribution >= 4 is 39.5 Å². The lowest BCUT2D eigenvalue weighted by Crippen LogP contribution is -2.30. The number of carbonyl (C=O) groups is 4. The molecule has 0 aliphatic heterocycles. The fourth-order valence-corrected chi connectivity index (χ4v) is 13.9. The molecule has 2 unspecified atom stereocenters. The van der Waals surface area contributed by atoms with Crippen molar-refractivity contribution in [2.24, 2.45) is 17.8 Å². The molecule has 0 heterocycles. The maximum Gasteiger partial charge on any atom is 0.472 e. The zero-order chi connectivity index (χ0) is 73.0. The van der Waals surface area contributed by atoms with Gasteiger partial charge in [-0.3, -0.25) is 37.3 Å². The zero-order valence-electron chi connectivity index (χ0n) is 65.0. The first kappa shape index (κ1) is 97.1. The number of hydrogen-bond acceptors (Lipinski definition) is 15. The van der Waals surface area contributed by atoms with E-state index in [1.165, 1.54) is 218 Å². The van der Waals surface area contributed by atoms with Crippen LogP contribution in [-0.4, -0.2) is 96.7 Å². The first-order valence-corrected chi connectivity index (χ1v) is 44.3. The van der Waals surface area contributed by atoms with Crippen molar-refractivity contribution in [1.82, 2.24) is 0 Å². The van der Waals surface area contributed by atoms with Crippen LogP contribution in [0, 0.1) is 17.8 Å². The molecular formula is C80H156O17P2. The highest BCUT2D eigenvalue weighted by atomic mass is 31.2. The Kier molecular flexibility index (Phi) is 69.0. The monoisotopic (exact) mass is 1450 g/mol. The number of unbranched alkanes of at least 4 members (excludes halogenated alkanes) is 46. The summed E-state index contributed by atoms with van der Waals surface area (Å²) in [6.07, 6.45) is 58.4. The summed E-state index contributed by atoms with van der Waals surface area (Å²) in [4.78, 5) is 72.9. The third-order valence-corrected chi connectivity index (χ3v) is 20.5. The Hall–Kier alpha value is -1.94. The average Bonchev–Trinajstić information content (AvgIpc) is 0.953. The molecule has 5 atom stereocenters. The molecule has 0 aliphatic carbocycles. The van der Waals surface area contributed by atoms with Crippen LogP contribution in [0.4, 0.5) is 0 Å². The highest BCUT2D eigenvalue weighted by Gasteiger charge is 2.30. The van der Waals surface area contributed by atoms with Crippen molar-refractivity contribution in [2.45, 2.75) is 433 Å². The fraction of sp³-hybridized carbons (Fsp3) is 0.950. The largest absolute Gasteiger partial charge is 0.472 e. The van der Waals surface area contributed by atoms with Gasteiger partial charge in [0.15, 0.2) is 12.2 Å². The van der Waals surface area contributed by atoms with Crippen molar-refractivity contribution in [1.29, 1.82) is 0 Å². The van der Waals surface area contributed by atoms with Crippen LogP contribution in [0.2, 0.25) is 0 Å². The predicted molar refractivity (Wildman–Crippen MR) is 405 cm³/mol. The quantitative estimate of drug-likeness (QED) is 0.0222. The Bertz CT molecular complexity index is 1920. The van der Waals surface area contributed by atoms with Crippen molar-refractivity contribution in [2.75, 3.05) is 39.6 Å². The van der Waals surface area contributed by atoms with Gasteiger partial charge in [-0.15, -0.1) is 0 Å². The number of phosphoric ester groups is 2. The second kappa shape index (κ2) is 70.4. The lowest BCUT2D eigenvalue weighted by molar-refractivity contribution is -0.161. The number of ether oxygens (including phenoxy) is 4. The minimum atomic E-state index is -4.96. The minimum Gasteiger partial charge on any atom is -0.462 e. The Labute approximate surface area is 607 Å². The molecule has 0 radical (unpaired) electrons. The highest BCUT2D eigenvalue weighted by Crippen LogP contribution is 2.45. The van der Waals surface area contributed by atoms with E-state index in [9.17, 15) is 43.2 Å². The number of aliphatic hydroxyl groups excluding tert-OH is 1. The lowest BCUT2D eigenvalue weighted by atomic mass is 10.0. The van der Waals surface area contributed by atoms with Crippen molar-refractivity contribution < 1.29 is 80.2 Å². The molecular weight excluding hydrogens is 1290 g/mol. The van der Waals surface area contributed by atoms with Gasteiger partial charge in [-0.25, -0.2) is 9.13 Å². The summed E-state index contributed by atoms with van der Waals surface area (Å²) in [5, 5.41) is 10.6. The first-order valence-electron chi connectivity index (χ1n) is 41.3. The van der Waals surface area contributed by atoms with Gasteiger partial charge in [0.1, 0.15) is 19.3 Å². The minimum absolute atomic E-state index is 0.107. The van der Waals surface area contributed by atoms with Gasteiger partial charge in [0.25, 0.3) is 0 Å². The number of phosphoric acid groups is 2. The van der Waals surface area contributed by atoms with Crippen LogP contribution in [0.1, 0.15) is 414 Å². The van der Waals surface area contributed by atoms with Gasteiger partial charge >= 0.3 is 39.5 Å². The van der Waals surface area contributed by atoms with E-state index in [0.29, 0.717) is 31.6 Å². The molecule has 0 amide bonds. The molecule has 0 rings (SSSR count). The first-order chi connectivity index (χ1) is 47.7. The van der Waals surface area contributed by atoms with Crippen molar-refractivity contribution in [3.8, 4) is 0 Å². The molecule has 588 valence electrons. The maximum atomic E-state index is 13.1. The predicted octanol–water partition coefficient (Wildman–Crippen LogP) is 23.7. The maximum absolute atomic E-state index is 13.1. The van der Waals surface area contributed by atoms with Crippen molar-refractivity contribution in [3.63, 3.8) is 0 Å². The Morgan fingerprint density at radius 3 is 0.687 bits per heavy atom. The van der Waals surface area contributed by atoms with Gasteiger partial charge < -0.3 is 33.8 Å². The van der Waals surface area contributed by atoms with Gasteiger partial charge in [0.05, 0.1) is 26.4 Å². The molecule has 0 fully saturated rings. The number of carbonyl (C=O) groups excluding carboxylic acids is 4. The van der Waals surface area contributed by atoms with Crippen molar-refractivity contribution in [3.05, 3.63) is 0 Å². The third-order valence-electron chi connectivity index (χ3n) is 18.6. The summed E-state index contributed by atoms with van der Waals surface area (Å²) < 4.78 is 68.6. The average molecular weight is 1450 g/mol. The summed E-state index contributed by atoms with van der Waals surface area (Å²) in [6, 6.07) is 0. The van der Waals surface area contributed by atoms with E-state index >= 15 is 0 Å². The van der Waals surface area contributed by atoms with Crippen LogP contribution in [0.3, 0.4) is 0 Å². The summed E-state index contributed by atoms with van der Waals surface area (Å²) in [5.74, 6) is 0.175. The van der Waals surface area contributed by atoms with Gasteiger partial charge in [-0.1, -0.05) is 363 Å². The molecule has 3 N–H and O–H groups in total. The molecule has 0 aromatic rings. The van der Waals surface area contributed by atoms with E-state index in [2.05, 4.69) is 48.5 Å². The standard InChI is InChI=1S/C80H156O17P2/c1-8-9-10-11-12-13-14-15-24-30-35-40-49-56-63-80(85)97-76(68-91-78(83)62-55-48-43-42-46-53-60-73(6)7)70-95-99(88,89)93-66-74(81)65-92-98(86,87)94-69-75(67-90-77(82)61-54-47-39-34-29-25-21-20-23-28-33-38-45-52-59-72(4)5)96-79(84)64-57-50-41-36-31-26-19-17-16-18-22-27-32-37-44-51-58-71(2)3/h71-76,81H,8-70H2,1-7H3,(H,86,87)(H,88,89)/t74-,75-,76-/m1/s1. The van der Waals surface area contributed by atoms with E-state index < -0.39 is 97.5 Å². The molecule has 0 saturated carbocycles. The molecule has 0 saturated heterocycles. The number of hydrogen-bond donors (Lipinski definition) is 3. The smallest absolute Gasteiger partial charge is 0.462 e. The van der Waals surface area contributed by atoms with Gasteiger partial charge in [-0.2, -0.15) is 0 Å². The van der Waals surface area contributed by atoms with Gasteiger partial charge in [0.2, 0.25) is 0 Å². The lowest BCUT2D eigenvalue weighted by Gasteiger charge is -2.21. The van der Waals surface area contributed by atoms with Crippen LogP contribution >= 0.6 is 15.6 Å². The molecule has 0 aromatic heterocycles. The molecule has 0 aromatic carbocycles. The van der Waals surface area contributed by atoms with E-state index in [-0.39, 0.29) is 25.7 Å². The Morgan fingerprint density at radius 1 is 0.273 bits per heavy atom. The molecule has 19 heteroatoms. The van der Waals surface area contributed by atoms with Gasteiger partial charge in [0, 0.05) is 25.7 Å². The number of esters is 4. The second-order valence-electron chi connectivity index (χ2n) is 30.2. The van der Waals surface area contributed by atoms with Crippen LogP contribution in [-0.2, 0) is 65.4 Å². The Morgan fingerprint density at radius 2 is 0.465 bits per heavy atom. The Balaban J connectivity index is 5.23. The highest BCUT2D eigenvalue weighted by molar-refractivity contribution is 7.47. The van der Waals surface area contributed by atoms with E-state index in [4.69, 9.17) is 37.0 Å². The van der Waals surface area contributed by atoms with E-state index in [1.807, 2.05) is 0 Å². The SMILES string of the molecule is CCCCCCCCCCCCCCCCC(=O)O[C@H](COC(=O)CCCCCCCCC(C)C)COP(=O)(O)OC[C@H](O)COP(=O)(O)OC[C@@H](COC(=O)CCCCCCCCCCCCCCCCC(C)C)OC(=O)CCCCCCCCCCCCCCCCCCC(C)C. The summed E-state index contributed by atoms with van der Waals surface area (Å²) in [5.41, 5.74) is 0. The van der Waals surface area contributed by atoms with Crippen LogP contribution in [0.15, 0.2) is 0 Å². The number of rotatable bonds is 78. The summed E-state index contributed by atoms with van der Waals surface area (Å²) in [6.45, 7) is 11.9. The molecule has 0 spiro atoms. The summed E-state index contributed by atoms with van der Waals surface area (Å²) in [7, 11) is -9.92. The molecule has 0 bridgehead atoms. The van der Waals surface area contributed by atoms with Crippen LogP contribution < -0.4 is 0 Å². The molecule has 0 aliphatic rings. The summed E-state index contributed by atoms with van der Waals surface area (Å²) >= 11 is 0. The normalized spacial score (nSPS) is 14.0. The third kappa shape index (κ3) is 74.1. The van der Waals surface area contributed by atoms with Crippen LogP contribution in [0.5, 0.6) is 0 Å². The van der Waals surface area contributed by atoms with E-state index in [0.717, 1.165) is 108 Å². The molecule has 99 heavy (non-hydrogen) atoms.